The average Bonchev–Trinajstić information content (AvgIpc) is 2.36. The Balaban J connectivity index is 2.24. The highest BCUT2D eigenvalue weighted by molar-refractivity contribution is 6.03. The Kier molecular flexibility index (Phi) is 3.98. The van der Waals surface area contributed by atoms with Gasteiger partial charge in [-0.15, -0.1) is 0 Å². The molecule has 0 spiro atoms. The molecule has 0 saturated carbocycles. The van der Waals surface area contributed by atoms with E-state index in [0.717, 1.165) is 11.3 Å². The Morgan fingerprint density at radius 2 is 1.81 bits per heavy atom. The van der Waals surface area contributed by atoms with Crippen molar-refractivity contribution in [2.24, 2.45) is 0 Å². The summed E-state index contributed by atoms with van der Waals surface area (Å²) in [7, 11) is 0. The van der Waals surface area contributed by atoms with Gasteiger partial charge in [-0.3, -0.25) is 4.79 Å². The second-order valence-electron chi connectivity index (χ2n) is 4.76. The zero-order chi connectivity index (χ0) is 15.6. The fourth-order valence-electron chi connectivity index (χ4n) is 2.00. The molecule has 1 amide bonds. The van der Waals surface area contributed by atoms with E-state index in [2.05, 4.69) is 15.3 Å². The molecule has 0 radical (unpaired) electrons. The molecule has 0 aliphatic carbocycles. The van der Waals surface area contributed by atoms with E-state index in [1.807, 2.05) is 19.9 Å². The summed E-state index contributed by atoms with van der Waals surface area (Å²) in [4.78, 5) is 31.3. The molecule has 0 aromatic carbocycles. The molecule has 2 heterocycles. The first-order valence-electron chi connectivity index (χ1n) is 6.34. The second kappa shape index (κ2) is 5.70. The molecule has 2 aromatic rings. The topological polar surface area (TPSA) is 92.2 Å². The third kappa shape index (κ3) is 3.42. The fourth-order valence-corrected chi connectivity index (χ4v) is 2.00. The third-order valence-corrected chi connectivity index (χ3v) is 2.89. The fraction of sp³-hybridized carbons (Fsp3) is 0.200. The molecule has 0 aliphatic heterocycles. The van der Waals surface area contributed by atoms with Crippen LogP contribution in [0.4, 0.5) is 5.82 Å². The number of aryl methyl sites for hydroxylation is 3. The maximum atomic E-state index is 12.1. The minimum absolute atomic E-state index is 0.0797. The number of rotatable bonds is 3. The van der Waals surface area contributed by atoms with Gasteiger partial charge >= 0.3 is 5.97 Å². The maximum Gasteiger partial charge on any atom is 0.337 e. The number of anilines is 1. The van der Waals surface area contributed by atoms with E-state index in [4.69, 9.17) is 5.11 Å². The molecule has 0 saturated heterocycles. The minimum Gasteiger partial charge on any atom is -0.478 e. The number of aromatic nitrogens is 2. The Hall–Kier alpha value is -2.76. The molecule has 2 rings (SSSR count). The average molecular weight is 285 g/mol. The van der Waals surface area contributed by atoms with Crippen molar-refractivity contribution in [2.75, 3.05) is 5.32 Å². The molecule has 6 nitrogen and oxygen atoms in total. The van der Waals surface area contributed by atoms with Crippen LogP contribution in [0.2, 0.25) is 0 Å². The molecule has 0 atom stereocenters. The van der Waals surface area contributed by atoms with Crippen LogP contribution in [0, 0.1) is 20.8 Å². The number of nitrogens with zero attached hydrogens (tertiary/aromatic N) is 2. The maximum absolute atomic E-state index is 12.1. The quantitative estimate of drug-likeness (QED) is 0.903. The first kappa shape index (κ1) is 14.6. The highest BCUT2D eigenvalue weighted by Gasteiger charge is 2.13. The summed E-state index contributed by atoms with van der Waals surface area (Å²) in [6.45, 7) is 5.30. The lowest BCUT2D eigenvalue weighted by Gasteiger charge is -2.07. The number of aromatic carboxylic acids is 1. The first-order valence-corrected chi connectivity index (χ1v) is 6.34. The molecule has 21 heavy (non-hydrogen) atoms. The summed E-state index contributed by atoms with van der Waals surface area (Å²) in [6.07, 6.45) is 0. The van der Waals surface area contributed by atoms with Gasteiger partial charge in [0.05, 0.1) is 11.3 Å². The van der Waals surface area contributed by atoms with Gasteiger partial charge in [-0.2, -0.15) is 0 Å². The predicted octanol–water partition coefficient (Wildman–Crippen LogP) is 2.35. The number of nitrogens with one attached hydrogen (secondary N) is 1. The zero-order valence-corrected chi connectivity index (χ0v) is 12.0. The molecule has 6 heteroatoms. The van der Waals surface area contributed by atoms with Gasteiger partial charge in [0.1, 0.15) is 11.5 Å². The van der Waals surface area contributed by atoms with Crippen LogP contribution in [0.3, 0.4) is 0 Å². The number of carbonyl (C=O) groups is 2. The Morgan fingerprint density at radius 1 is 1.10 bits per heavy atom. The zero-order valence-electron chi connectivity index (χ0n) is 12.0. The van der Waals surface area contributed by atoms with Crippen molar-refractivity contribution in [1.82, 2.24) is 9.97 Å². The normalized spacial score (nSPS) is 10.2. The number of hydrogen-bond donors (Lipinski definition) is 2. The summed E-state index contributed by atoms with van der Waals surface area (Å²) in [5, 5.41) is 11.6. The number of carbonyl (C=O) groups excluding carboxylic acids is 1. The van der Waals surface area contributed by atoms with Crippen LogP contribution >= 0.6 is 0 Å². The largest absolute Gasteiger partial charge is 0.478 e. The smallest absolute Gasteiger partial charge is 0.337 e. The molecule has 2 aromatic heterocycles. The van der Waals surface area contributed by atoms with Crippen LogP contribution in [0.15, 0.2) is 24.3 Å². The van der Waals surface area contributed by atoms with E-state index in [-0.39, 0.29) is 11.3 Å². The lowest BCUT2D eigenvalue weighted by Crippen LogP contribution is -2.16. The summed E-state index contributed by atoms with van der Waals surface area (Å²) >= 11 is 0. The van der Waals surface area contributed by atoms with Gasteiger partial charge in [0.15, 0.2) is 0 Å². The van der Waals surface area contributed by atoms with Gasteiger partial charge in [-0.25, -0.2) is 14.8 Å². The Morgan fingerprint density at radius 3 is 2.38 bits per heavy atom. The van der Waals surface area contributed by atoms with E-state index in [1.54, 1.807) is 13.0 Å². The van der Waals surface area contributed by atoms with E-state index in [0.29, 0.717) is 11.5 Å². The van der Waals surface area contributed by atoms with Crippen molar-refractivity contribution in [1.29, 1.82) is 0 Å². The number of carboxylic acid groups (broad SMARTS) is 1. The Labute approximate surface area is 121 Å². The van der Waals surface area contributed by atoms with E-state index < -0.39 is 11.9 Å². The molecule has 2 N–H and O–H groups in total. The lowest BCUT2D eigenvalue weighted by atomic mass is 10.2. The molecular formula is C15H15N3O3. The van der Waals surface area contributed by atoms with Crippen molar-refractivity contribution >= 4 is 17.7 Å². The summed E-state index contributed by atoms with van der Waals surface area (Å²) in [5.74, 6) is -1.05. The van der Waals surface area contributed by atoms with Crippen molar-refractivity contribution in [3.8, 4) is 0 Å². The highest BCUT2D eigenvalue weighted by atomic mass is 16.4. The standard InChI is InChI=1S/C15H15N3O3/c1-8-6-9(2)16-13(7-8)18-14(19)12-5-4-11(15(20)21)10(3)17-12/h4-7H,1-3H3,(H,20,21)(H,16,18,19). The van der Waals surface area contributed by atoms with Gasteiger partial charge in [0.25, 0.3) is 5.91 Å². The molecule has 0 fully saturated rings. The number of amides is 1. The van der Waals surface area contributed by atoms with Crippen LogP contribution in [0.1, 0.15) is 37.8 Å². The highest BCUT2D eigenvalue weighted by Crippen LogP contribution is 2.12. The summed E-state index contributed by atoms with van der Waals surface area (Å²) < 4.78 is 0. The monoisotopic (exact) mass is 285 g/mol. The van der Waals surface area contributed by atoms with E-state index in [9.17, 15) is 9.59 Å². The van der Waals surface area contributed by atoms with Gasteiger partial charge < -0.3 is 10.4 Å². The summed E-state index contributed by atoms with van der Waals surface area (Å²) in [6, 6.07) is 6.41. The summed E-state index contributed by atoms with van der Waals surface area (Å²) in [5.41, 5.74) is 2.32. The number of pyridine rings is 2. The van der Waals surface area contributed by atoms with Crippen molar-refractivity contribution in [2.45, 2.75) is 20.8 Å². The van der Waals surface area contributed by atoms with Crippen LogP contribution in [-0.4, -0.2) is 27.0 Å². The van der Waals surface area contributed by atoms with Crippen LogP contribution in [-0.2, 0) is 0 Å². The third-order valence-electron chi connectivity index (χ3n) is 2.89. The number of hydrogen-bond acceptors (Lipinski definition) is 4. The lowest BCUT2D eigenvalue weighted by molar-refractivity contribution is 0.0695. The first-order chi connectivity index (χ1) is 9.86. The second-order valence-corrected chi connectivity index (χ2v) is 4.76. The van der Waals surface area contributed by atoms with E-state index >= 15 is 0 Å². The van der Waals surface area contributed by atoms with Crippen LogP contribution in [0.5, 0.6) is 0 Å². The molecule has 0 aliphatic rings. The molecule has 0 unspecified atom stereocenters. The molecular weight excluding hydrogens is 270 g/mol. The minimum atomic E-state index is -1.07. The van der Waals surface area contributed by atoms with Crippen molar-refractivity contribution in [3.05, 3.63) is 52.5 Å². The predicted molar refractivity (Wildman–Crippen MR) is 77.6 cm³/mol. The van der Waals surface area contributed by atoms with Gasteiger partial charge in [-0.1, -0.05) is 0 Å². The number of carboxylic acids is 1. The molecule has 0 bridgehead atoms. The van der Waals surface area contributed by atoms with Crippen LogP contribution < -0.4 is 5.32 Å². The van der Waals surface area contributed by atoms with Crippen molar-refractivity contribution in [3.63, 3.8) is 0 Å². The Bertz CT molecular complexity index is 706. The van der Waals surface area contributed by atoms with Gasteiger partial charge in [-0.05, 0) is 50.6 Å². The van der Waals surface area contributed by atoms with Gasteiger partial charge in [0, 0.05) is 5.69 Å². The van der Waals surface area contributed by atoms with Gasteiger partial charge in [0.2, 0.25) is 0 Å². The van der Waals surface area contributed by atoms with E-state index in [1.165, 1.54) is 12.1 Å². The van der Waals surface area contributed by atoms with Crippen molar-refractivity contribution < 1.29 is 14.7 Å². The SMILES string of the molecule is Cc1cc(C)nc(NC(=O)c2ccc(C(=O)O)c(C)n2)c1. The van der Waals surface area contributed by atoms with Crippen LogP contribution in [0.25, 0.3) is 0 Å². The molecule has 108 valence electrons.